The molecule has 4 bridgehead atoms. The van der Waals surface area contributed by atoms with Gasteiger partial charge in [0, 0.05) is 25.0 Å². The van der Waals surface area contributed by atoms with Crippen LogP contribution >= 0.6 is 0 Å². The van der Waals surface area contributed by atoms with Crippen molar-refractivity contribution in [3.8, 4) is 0 Å². The van der Waals surface area contributed by atoms with Gasteiger partial charge < -0.3 is 18.9 Å². The number of hydrogen-bond acceptors (Lipinski definition) is 8. The van der Waals surface area contributed by atoms with Crippen LogP contribution in [0, 0.1) is 0 Å². The molecule has 0 fully saturated rings. The molecule has 3 aromatic carbocycles. The molecule has 5 heterocycles. The van der Waals surface area contributed by atoms with E-state index in [2.05, 4.69) is 0 Å². The van der Waals surface area contributed by atoms with Gasteiger partial charge in [-0.2, -0.15) is 0 Å². The Morgan fingerprint density at radius 1 is 0.595 bits per heavy atom. The van der Waals surface area contributed by atoms with Gasteiger partial charge >= 0.3 is 11.9 Å². The van der Waals surface area contributed by atoms with Crippen molar-refractivity contribution in [3.63, 3.8) is 0 Å². The Balaban J connectivity index is 1.37. The molecule has 4 atom stereocenters. The number of nitrogens with zero attached hydrogens (tertiary/aromatic N) is 2. The number of rotatable bonds is 6. The number of carbonyl (C=O) groups is 2. The first-order chi connectivity index (χ1) is 20.3. The summed E-state index contributed by atoms with van der Waals surface area (Å²) in [6.07, 6.45) is 7.89. The summed E-state index contributed by atoms with van der Waals surface area (Å²) in [5.41, 5.74) is 2.03. The maximum Gasteiger partial charge on any atom is 0.302 e. The Kier molecular flexibility index (Phi) is 5.04. The standard InChI is InChI=1S/C34H26N2O6/c1-21(37)39-19-31-15-17-33(41-31,25-11-5-3-9-23(25)31)29-30(36-28-14-8-7-13-27(28)35-29)34-18-16-32(42-34,20-40-22(2)38)24-10-4-6-12-26(24)34/h3-18H,19-20H2,1-2H3/t31-,32?,33-,34?/m0/s1. The molecule has 0 spiro atoms. The van der Waals surface area contributed by atoms with E-state index >= 15 is 0 Å². The van der Waals surface area contributed by atoms with Crippen molar-refractivity contribution in [1.29, 1.82) is 0 Å². The Morgan fingerprint density at radius 2 is 0.976 bits per heavy atom. The highest BCUT2D eigenvalue weighted by Crippen LogP contribution is 2.62. The molecular weight excluding hydrogens is 532 g/mol. The molecule has 0 radical (unpaired) electrons. The predicted octanol–water partition coefficient (Wildman–Crippen LogP) is 4.83. The molecule has 0 amide bonds. The van der Waals surface area contributed by atoms with Crippen molar-refractivity contribution in [2.24, 2.45) is 0 Å². The van der Waals surface area contributed by atoms with Crippen molar-refractivity contribution >= 4 is 23.0 Å². The van der Waals surface area contributed by atoms with E-state index in [-0.39, 0.29) is 25.2 Å². The molecule has 4 aliphatic heterocycles. The van der Waals surface area contributed by atoms with Gasteiger partial charge in [0.2, 0.25) is 0 Å². The fraction of sp³-hybridized carbons (Fsp3) is 0.235. The molecule has 1 aromatic heterocycles. The minimum Gasteiger partial charge on any atom is -0.462 e. The number of hydrogen-bond donors (Lipinski definition) is 0. The molecule has 0 saturated heterocycles. The van der Waals surface area contributed by atoms with E-state index in [1.807, 2.05) is 97.1 Å². The van der Waals surface area contributed by atoms with E-state index in [0.29, 0.717) is 22.4 Å². The second-order valence-electron chi connectivity index (χ2n) is 11.2. The van der Waals surface area contributed by atoms with Crippen LogP contribution in [0.25, 0.3) is 11.0 Å². The number of ether oxygens (including phenoxy) is 4. The fourth-order valence-corrected chi connectivity index (χ4v) is 6.90. The minimum absolute atomic E-state index is 0.0316. The van der Waals surface area contributed by atoms with Gasteiger partial charge in [0.25, 0.3) is 0 Å². The maximum absolute atomic E-state index is 11.9. The molecule has 208 valence electrons. The van der Waals surface area contributed by atoms with Crippen LogP contribution in [-0.2, 0) is 50.9 Å². The first kappa shape index (κ1) is 25.1. The van der Waals surface area contributed by atoms with E-state index in [1.165, 1.54) is 13.8 Å². The molecule has 0 aliphatic carbocycles. The first-order valence-electron chi connectivity index (χ1n) is 13.9. The van der Waals surface area contributed by atoms with Crippen LogP contribution in [0.1, 0.15) is 47.5 Å². The van der Waals surface area contributed by atoms with E-state index in [4.69, 9.17) is 28.9 Å². The third-order valence-corrected chi connectivity index (χ3v) is 8.68. The highest BCUT2D eigenvalue weighted by molar-refractivity contribution is 5.76. The average Bonchev–Trinajstić information content (AvgIpc) is 3.75. The SMILES string of the molecule is CC(=O)OCC12C=CC(c3nc4ccccc4nc3[C@@]34C=C[C@@](COC(C)=O)(O3)c3ccccc34)(O1)c1ccccc12. The summed E-state index contributed by atoms with van der Waals surface area (Å²) in [5, 5.41) is 0. The molecular formula is C34H26N2O6. The quantitative estimate of drug-likeness (QED) is 0.245. The summed E-state index contributed by atoms with van der Waals surface area (Å²) in [7, 11) is 0. The van der Waals surface area contributed by atoms with Crippen LogP contribution in [-0.4, -0.2) is 35.1 Å². The van der Waals surface area contributed by atoms with Crippen LogP contribution in [0.3, 0.4) is 0 Å². The molecule has 4 aromatic rings. The zero-order valence-corrected chi connectivity index (χ0v) is 23.0. The summed E-state index contributed by atoms with van der Waals surface area (Å²) in [4.78, 5) is 34.2. The molecule has 42 heavy (non-hydrogen) atoms. The number of para-hydroxylation sites is 2. The third-order valence-electron chi connectivity index (χ3n) is 8.68. The van der Waals surface area contributed by atoms with Crippen molar-refractivity contribution in [2.45, 2.75) is 36.3 Å². The normalized spacial score (nSPS) is 29.1. The number of benzene rings is 3. The maximum atomic E-state index is 11.9. The largest absolute Gasteiger partial charge is 0.462 e. The van der Waals surface area contributed by atoms with Crippen molar-refractivity contribution in [3.05, 3.63) is 131 Å². The van der Waals surface area contributed by atoms with Gasteiger partial charge in [-0.05, 0) is 47.6 Å². The Bertz CT molecular complexity index is 1760. The topological polar surface area (TPSA) is 96.8 Å². The van der Waals surface area contributed by atoms with E-state index in [0.717, 1.165) is 22.3 Å². The van der Waals surface area contributed by atoms with Gasteiger partial charge in [-0.25, -0.2) is 9.97 Å². The molecule has 8 nitrogen and oxygen atoms in total. The van der Waals surface area contributed by atoms with Crippen LogP contribution in [0.2, 0.25) is 0 Å². The first-order valence-corrected chi connectivity index (χ1v) is 13.9. The smallest absolute Gasteiger partial charge is 0.302 e. The summed E-state index contributed by atoms with van der Waals surface area (Å²) in [6.45, 7) is 2.84. The number of aromatic nitrogens is 2. The average molecular weight is 559 g/mol. The molecule has 4 aliphatic rings. The van der Waals surface area contributed by atoms with Gasteiger partial charge in [-0.3, -0.25) is 9.59 Å². The van der Waals surface area contributed by atoms with Gasteiger partial charge in [-0.15, -0.1) is 0 Å². The Hall–Kier alpha value is -4.66. The second-order valence-corrected chi connectivity index (χ2v) is 11.2. The summed E-state index contributed by atoms with van der Waals surface area (Å²) in [5.74, 6) is -0.769. The number of esters is 2. The molecule has 0 saturated carbocycles. The lowest BCUT2D eigenvalue weighted by atomic mass is 9.75. The van der Waals surface area contributed by atoms with E-state index in [9.17, 15) is 9.59 Å². The Labute approximate surface area is 241 Å². The minimum atomic E-state index is -1.12. The summed E-state index contributed by atoms with van der Waals surface area (Å²) < 4.78 is 24.9. The Morgan fingerprint density at radius 3 is 1.38 bits per heavy atom. The highest BCUT2D eigenvalue weighted by atomic mass is 16.6. The molecule has 2 unspecified atom stereocenters. The molecule has 0 N–H and O–H groups in total. The van der Waals surface area contributed by atoms with Gasteiger partial charge in [0.15, 0.2) is 11.2 Å². The number of fused-ring (bicyclic) bond motifs is 11. The highest BCUT2D eigenvalue weighted by Gasteiger charge is 2.63. The summed E-state index contributed by atoms with van der Waals surface area (Å²) in [6, 6.07) is 23.6. The van der Waals surface area contributed by atoms with Crippen molar-refractivity contribution in [1.82, 2.24) is 9.97 Å². The van der Waals surface area contributed by atoms with Crippen molar-refractivity contribution < 1.29 is 28.5 Å². The summed E-state index contributed by atoms with van der Waals surface area (Å²) >= 11 is 0. The van der Waals surface area contributed by atoms with Crippen LogP contribution < -0.4 is 0 Å². The molecule has 8 heteroatoms. The van der Waals surface area contributed by atoms with Gasteiger partial charge in [0.05, 0.1) is 11.0 Å². The van der Waals surface area contributed by atoms with Crippen molar-refractivity contribution in [2.75, 3.05) is 13.2 Å². The lowest BCUT2D eigenvalue weighted by Crippen LogP contribution is -2.36. The third kappa shape index (κ3) is 3.19. The molecule has 8 rings (SSSR count). The van der Waals surface area contributed by atoms with Crippen LogP contribution in [0.15, 0.2) is 97.1 Å². The van der Waals surface area contributed by atoms with E-state index in [1.54, 1.807) is 0 Å². The van der Waals surface area contributed by atoms with Crippen LogP contribution in [0.4, 0.5) is 0 Å². The predicted molar refractivity (Wildman–Crippen MR) is 151 cm³/mol. The van der Waals surface area contributed by atoms with E-state index < -0.39 is 22.4 Å². The number of carbonyl (C=O) groups excluding carboxylic acids is 2. The monoisotopic (exact) mass is 558 g/mol. The fourth-order valence-electron chi connectivity index (χ4n) is 6.90. The zero-order chi connectivity index (χ0) is 28.7. The van der Waals surface area contributed by atoms with Crippen LogP contribution in [0.5, 0.6) is 0 Å². The lowest BCUT2D eigenvalue weighted by Gasteiger charge is -2.32. The zero-order valence-electron chi connectivity index (χ0n) is 23.0. The van der Waals surface area contributed by atoms with Gasteiger partial charge in [0.1, 0.15) is 35.8 Å². The second kappa shape index (κ2) is 8.44. The van der Waals surface area contributed by atoms with Gasteiger partial charge in [-0.1, -0.05) is 60.7 Å². The lowest BCUT2D eigenvalue weighted by molar-refractivity contribution is -0.154.